The zero-order valence-corrected chi connectivity index (χ0v) is 8.17. The molecule has 0 aromatic carbocycles. The molecule has 2 rings (SSSR count). The van der Waals surface area contributed by atoms with E-state index in [1.807, 2.05) is 0 Å². The van der Waals surface area contributed by atoms with Gasteiger partial charge in [-0.1, -0.05) is 0 Å². The smallest absolute Gasteiger partial charge is 0.395 e. The third-order valence-electron chi connectivity index (χ3n) is 2.87. The van der Waals surface area contributed by atoms with Gasteiger partial charge in [-0.05, 0) is 18.9 Å². The fraction of sp³-hybridized carbons (Fsp3) is 0.667. The Kier molecular flexibility index (Phi) is 2.08. The monoisotopic (exact) mass is 220 g/mol. The molecule has 1 aliphatic carbocycles. The lowest BCUT2D eigenvalue weighted by Crippen LogP contribution is -2.16. The van der Waals surface area contributed by atoms with Crippen LogP contribution in [0.4, 0.5) is 13.2 Å². The second-order valence-corrected chi connectivity index (χ2v) is 3.97. The van der Waals surface area contributed by atoms with Gasteiger partial charge in [0, 0.05) is 18.2 Å². The van der Waals surface area contributed by atoms with Crippen LogP contribution < -0.4 is 0 Å². The number of hydrogen-bond acceptors (Lipinski definition) is 2. The highest BCUT2D eigenvalue weighted by atomic mass is 19.4. The minimum Gasteiger partial charge on any atom is -0.395 e. The largest absolute Gasteiger partial charge is 0.435 e. The van der Waals surface area contributed by atoms with Crippen LogP contribution in [0, 0.1) is 0 Å². The third kappa shape index (κ3) is 1.62. The Bertz CT molecular complexity index is 379. The van der Waals surface area contributed by atoms with E-state index < -0.39 is 17.3 Å². The van der Waals surface area contributed by atoms with Crippen LogP contribution in [0.1, 0.15) is 24.2 Å². The maximum atomic E-state index is 12.4. The Labute approximate surface area is 84.5 Å². The summed E-state index contributed by atoms with van der Waals surface area (Å²) in [6.45, 7) is -0.121. The maximum absolute atomic E-state index is 12.4. The molecule has 84 valence electrons. The lowest BCUT2D eigenvalue weighted by molar-refractivity contribution is -0.141. The highest BCUT2D eigenvalue weighted by Crippen LogP contribution is 2.48. The molecule has 0 bridgehead atoms. The van der Waals surface area contributed by atoms with Crippen molar-refractivity contribution in [2.75, 3.05) is 6.61 Å². The van der Waals surface area contributed by atoms with E-state index in [1.165, 1.54) is 11.7 Å². The lowest BCUT2D eigenvalue weighted by Gasteiger charge is -2.10. The Hall–Kier alpha value is -1.04. The minimum absolute atomic E-state index is 0.121. The van der Waals surface area contributed by atoms with Crippen LogP contribution >= 0.6 is 0 Å². The highest BCUT2D eigenvalue weighted by Gasteiger charge is 2.47. The Morgan fingerprint density at radius 2 is 2.13 bits per heavy atom. The zero-order valence-electron chi connectivity index (χ0n) is 8.17. The molecule has 1 heterocycles. The van der Waals surface area contributed by atoms with Crippen molar-refractivity contribution in [2.24, 2.45) is 7.05 Å². The lowest BCUT2D eigenvalue weighted by atomic mass is 10.0. The first-order valence-electron chi connectivity index (χ1n) is 4.62. The first-order valence-corrected chi connectivity index (χ1v) is 4.62. The van der Waals surface area contributed by atoms with E-state index in [2.05, 4.69) is 5.10 Å². The standard InChI is InChI=1S/C9H11F3N2O/c1-14-7(8(5-15)2-3-8)4-6(13-14)9(10,11)12/h4,15H,2-3,5H2,1H3. The molecule has 15 heavy (non-hydrogen) atoms. The molecule has 6 heteroatoms. The van der Waals surface area contributed by atoms with Crippen molar-refractivity contribution < 1.29 is 18.3 Å². The Morgan fingerprint density at radius 3 is 2.47 bits per heavy atom. The van der Waals surface area contributed by atoms with E-state index in [0.717, 1.165) is 18.9 Å². The number of aromatic nitrogens is 2. The molecular weight excluding hydrogens is 209 g/mol. The summed E-state index contributed by atoms with van der Waals surface area (Å²) in [5.41, 5.74) is -0.900. The van der Waals surface area contributed by atoms with Crippen LogP contribution in [0.25, 0.3) is 0 Å². The van der Waals surface area contributed by atoms with Crippen molar-refractivity contribution in [3.8, 4) is 0 Å². The van der Waals surface area contributed by atoms with Crippen LogP contribution in [-0.2, 0) is 18.6 Å². The number of hydrogen-bond donors (Lipinski definition) is 1. The van der Waals surface area contributed by atoms with Gasteiger partial charge < -0.3 is 5.11 Å². The number of aliphatic hydroxyl groups is 1. The van der Waals surface area contributed by atoms with Gasteiger partial charge in [0.15, 0.2) is 5.69 Å². The molecule has 0 atom stereocenters. The summed E-state index contributed by atoms with van der Waals surface area (Å²) in [6.07, 6.45) is -2.97. The number of rotatable bonds is 2. The van der Waals surface area contributed by atoms with Crippen molar-refractivity contribution in [3.63, 3.8) is 0 Å². The maximum Gasteiger partial charge on any atom is 0.435 e. The van der Waals surface area contributed by atoms with E-state index in [-0.39, 0.29) is 6.61 Å². The fourth-order valence-electron chi connectivity index (χ4n) is 1.75. The molecule has 1 saturated carbocycles. The minimum atomic E-state index is -4.42. The summed E-state index contributed by atoms with van der Waals surface area (Å²) in [4.78, 5) is 0. The first kappa shape index (κ1) is 10.5. The molecule has 0 aliphatic heterocycles. The molecule has 1 N–H and O–H groups in total. The number of aliphatic hydroxyl groups excluding tert-OH is 1. The second kappa shape index (κ2) is 2.98. The molecule has 1 aliphatic rings. The molecule has 3 nitrogen and oxygen atoms in total. The predicted molar refractivity (Wildman–Crippen MR) is 46.2 cm³/mol. The number of alkyl halides is 3. The van der Waals surface area contributed by atoms with Crippen LogP contribution in [0.5, 0.6) is 0 Å². The summed E-state index contributed by atoms with van der Waals surface area (Å²) in [6, 6.07) is 1.03. The molecule has 1 aromatic rings. The SMILES string of the molecule is Cn1nc(C(F)(F)F)cc1C1(CO)CC1. The average molecular weight is 220 g/mol. The Balaban J connectivity index is 2.39. The van der Waals surface area contributed by atoms with Gasteiger partial charge >= 0.3 is 6.18 Å². The van der Waals surface area contributed by atoms with Crippen molar-refractivity contribution in [3.05, 3.63) is 17.5 Å². The number of halogens is 3. The number of nitrogens with zero attached hydrogens (tertiary/aromatic N) is 2. The van der Waals surface area contributed by atoms with E-state index in [1.54, 1.807) is 0 Å². The molecule has 0 unspecified atom stereocenters. The van der Waals surface area contributed by atoms with E-state index >= 15 is 0 Å². The van der Waals surface area contributed by atoms with E-state index in [4.69, 9.17) is 5.11 Å². The molecule has 1 aromatic heterocycles. The highest BCUT2D eigenvalue weighted by molar-refractivity contribution is 5.28. The van der Waals surface area contributed by atoms with Crippen molar-refractivity contribution in [1.82, 2.24) is 9.78 Å². The molecule has 0 spiro atoms. The van der Waals surface area contributed by atoms with Crippen LogP contribution in [-0.4, -0.2) is 21.5 Å². The van der Waals surface area contributed by atoms with Crippen molar-refractivity contribution >= 4 is 0 Å². The van der Waals surface area contributed by atoms with Gasteiger partial charge in [-0.25, -0.2) is 0 Å². The van der Waals surface area contributed by atoms with Gasteiger partial charge in [0.2, 0.25) is 0 Å². The van der Waals surface area contributed by atoms with Crippen molar-refractivity contribution in [1.29, 1.82) is 0 Å². The first-order chi connectivity index (χ1) is 6.89. The predicted octanol–water partition coefficient (Wildman–Crippen LogP) is 1.46. The van der Waals surface area contributed by atoms with Crippen molar-refractivity contribution in [2.45, 2.75) is 24.4 Å². The van der Waals surface area contributed by atoms with Crippen LogP contribution in [0.15, 0.2) is 6.07 Å². The average Bonchev–Trinajstić information content (AvgIpc) is 2.82. The summed E-state index contributed by atoms with van der Waals surface area (Å²) in [5, 5.41) is 12.5. The van der Waals surface area contributed by atoms with Crippen LogP contribution in [0.2, 0.25) is 0 Å². The van der Waals surface area contributed by atoms with Gasteiger partial charge in [-0.15, -0.1) is 0 Å². The van der Waals surface area contributed by atoms with Gasteiger partial charge in [-0.2, -0.15) is 18.3 Å². The van der Waals surface area contributed by atoms with Gasteiger partial charge in [0.1, 0.15) is 0 Å². The van der Waals surface area contributed by atoms with E-state index in [9.17, 15) is 13.2 Å². The van der Waals surface area contributed by atoms with Crippen LogP contribution in [0.3, 0.4) is 0 Å². The number of aryl methyl sites for hydroxylation is 1. The summed E-state index contributed by atoms with van der Waals surface area (Å²) in [5.74, 6) is 0. The third-order valence-corrected chi connectivity index (χ3v) is 2.87. The topological polar surface area (TPSA) is 38.0 Å². The molecule has 0 amide bonds. The van der Waals surface area contributed by atoms with E-state index in [0.29, 0.717) is 5.69 Å². The van der Waals surface area contributed by atoms with Gasteiger partial charge in [-0.3, -0.25) is 4.68 Å². The molecular formula is C9H11F3N2O. The summed E-state index contributed by atoms with van der Waals surface area (Å²) >= 11 is 0. The second-order valence-electron chi connectivity index (χ2n) is 3.97. The summed E-state index contributed by atoms with van der Waals surface area (Å²) < 4.78 is 38.3. The molecule has 1 fully saturated rings. The quantitative estimate of drug-likeness (QED) is 0.819. The zero-order chi connectivity index (χ0) is 11.3. The van der Waals surface area contributed by atoms with Gasteiger partial charge in [0.25, 0.3) is 0 Å². The normalized spacial score (nSPS) is 19.3. The molecule has 0 saturated heterocycles. The van der Waals surface area contributed by atoms with Gasteiger partial charge in [0.05, 0.1) is 6.61 Å². The fourth-order valence-corrected chi connectivity index (χ4v) is 1.75. The summed E-state index contributed by atoms with van der Waals surface area (Å²) in [7, 11) is 1.47. The Morgan fingerprint density at radius 1 is 1.53 bits per heavy atom. The molecule has 0 radical (unpaired) electrons.